The van der Waals surface area contributed by atoms with Gasteiger partial charge in [0.15, 0.2) is 5.16 Å². The fraction of sp³-hybridized carbons (Fsp3) is 0.480. The number of sulfonamides is 1. The fourth-order valence-corrected chi connectivity index (χ4v) is 7.97. The van der Waals surface area contributed by atoms with Crippen LogP contribution in [0.5, 0.6) is 0 Å². The molecule has 1 atom stereocenters. The number of thioether (sulfide) groups is 1. The third kappa shape index (κ3) is 4.74. The Bertz CT molecular complexity index is 1300. The minimum atomic E-state index is -3.56. The Kier molecular flexibility index (Phi) is 6.95. The number of fused-ring (bicyclic) bond motifs is 1. The average molecular weight is 522 g/mol. The maximum absolute atomic E-state index is 14.4. The van der Waals surface area contributed by atoms with E-state index in [0.29, 0.717) is 51.8 Å². The lowest BCUT2D eigenvalue weighted by Gasteiger charge is -2.30. The number of imidazole rings is 1. The Morgan fingerprint density at radius 1 is 1.12 bits per heavy atom. The van der Waals surface area contributed by atoms with E-state index in [1.54, 1.807) is 28.6 Å². The molecular weight excluding hydrogens is 493 g/mol. The van der Waals surface area contributed by atoms with E-state index in [4.69, 9.17) is 16.6 Å². The molecule has 9 heteroatoms. The van der Waals surface area contributed by atoms with Crippen molar-refractivity contribution in [3.05, 3.63) is 52.8 Å². The summed E-state index contributed by atoms with van der Waals surface area (Å²) >= 11 is 7.38. The zero-order valence-electron chi connectivity index (χ0n) is 19.2. The van der Waals surface area contributed by atoms with Gasteiger partial charge < -0.3 is 4.57 Å². The smallest absolute Gasteiger partial charge is 0.243 e. The topological polar surface area (TPSA) is 55.2 Å². The fourth-order valence-electron chi connectivity index (χ4n) is 5.13. The number of halogens is 2. The number of nitrogens with zero attached hydrogens (tertiary/aromatic N) is 3. The van der Waals surface area contributed by atoms with E-state index in [2.05, 4.69) is 11.5 Å². The van der Waals surface area contributed by atoms with E-state index in [1.807, 2.05) is 6.07 Å². The molecule has 3 aromatic rings. The van der Waals surface area contributed by atoms with E-state index >= 15 is 0 Å². The van der Waals surface area contributed by atoms with Crippen LogP contribution in [-0.4, -0.2) is 35.4 Å². The molecule has 2 fully saturated rings. The van der Waals surface area contributed by atoms with Gasteiger partial charge >= 0.3 is 0 Å². The molecule has 1 aromatic heterocycles. The second-order valence-corrected chi connectivity index (χ2v) is 12.8. The molecule has 2 aliphatic rings. The summed E-state index contributed by atoms with van der Waals surface area (Å²) < 4.78 is 44.9. The third-order valence-electron chi connectivity index (χ3n) is 6.95. The largest absolute Gasteiger partial charge is 0.316 e. The van der Waals surface area contributed by atoms with E-state index < -0.39 is 10.0 Å². The van der Waals surface area contributed by atoms with Crippen LogP contribution in [0.25, 0.3) is 11.0 Å². The summed E-state index contributed by atoms with van der Waals surface area (Å²) in [6.45, 7) is 3.22. The molecule has 1 saturated carbocycles. The lowest BCUT2D eigenvalue weighted by Crippen LogP contribution is -2.39. The lowest BCUT2D eigenvalue weighted by atomic mass is 10.0. The molecule has 5 nitrogen and oxygen atoms in total. The predicted molar refractivity (Wildman–Crippen MR) is 135 cm³/mol. The van der Waals surface area contributed by atoms with Crippen LogP contribution >= 0.6 is 23.4 Å². The molecule has 1 aliphatic heterocycles. The van der Waals surface area contributed by atoms with Gasteiger partial charge in [-0.25, -0.2) is 17.8 Å². The molecule has 0 N–H and O–H groups in total. The van der Waals surface area contributed by atoms with Crippen molar-refractivity contribution in [3.8, 4) is 0 Å². The van der Waals surface area contributed by atoms with Crippen molar-refractivity contribution in [1.29, 1.82) is 0 Å². The number of benzene rings is 2. The predicted octanol–water partition coefficient (Wildman–Crippen LogP) is 6.66. The molecule has 0 bridgehead atoms. The van der Waals surface area contributed by atoms with Crippen LogP contribution in [0.2, 0.25) is 5.02 Å². The van der Waals surface area contributed by atoms with Crippen molar-refractivity contribution in [2.24, 2.45) is 5.92 Å². The van der Waals surface area contributed by atoms with Gasteiger partial charge in [0.1, 0.15) is 5.82 Å². The number of piperidine rings is 1. The zero-order valence-corrected chi connectivity index (χ0v) is 21.6. The third-order valence-corrected chi connectivity index (χ3v) is 10.0. The van der Waals surface area contributed by atoms with Crippen molar-refractivity contribution in [2.45, 2.75) is 67.3 Å². The number of hydrogen-bond donors (Lipinski definition) is 0. The van der Waals surface area contributed by atoms with Gasteiger partial charge in [0.2, 0.25) is 10.0 Å². The molecule has 0 radical (unpaired) electrons. The molecule has 5 rings (SSSR count). The van der Waals surface area contributed by atoms with E-state index in [9.17, 15) is 12.8 Å². The number of aromatic nitrogens is 2. The maximum atomic E-state index is 14.4. The molecule has 0 unspecified atom stereocenters. The molecule has 1 saturated heterocycles. The Labute approximate surface area is 209 Å². The highest BCUT2D eigenvalue weighted by atomic mass is 35.5. The summed E-state index contributed by atoms with van der Waals surface area (Å²) in [5.74, 6) is 0.466. The first-order chi connectivity index (χ1) is 16.3. The molecule has 0 amide bonds. The Morgan fingerprint density at radius 2 is 1.91 bits per heavy atom. The van der Waals surface area contributed by atoms with E-state index in [-0.39, 0.29) is 5.82 Å². The summed E-state index contributed by atoms with van der Waals surface area (Å²) in [5, 5.41) is 1.18. The molecule has 182 valence electrons. The second kappa shape index (κ2) is 9.80. The average Bonchev–Trinajstić information content (AvgIpc) is 3.45. The summed E-state index contributed by atoms with van der Waals surface area (Å²) in [6.07, 6.45) is 6.42. The van der Waals surface area contributed by atoms with E-state index in [1.165, 1.54) is 30.7 Å². The Hall–Kier alpha value is -1.61. The number of rotatable bonds is 6. The van der Waals surface area contributed by atoms with Crippen LogP contribution in [0.15, 0.2) is 46.5 Å². The van der Waals surface area contributed by atoms with E-state index in [0.717, 1.165) is 36.4 Å². The minimum absolute atomic E-state index is 0.297. The molecule has 1 aliphatic carbocycles. The van der Waals surface area contributed by atoms with Crippen LogP contribution in [0.1, 0.15) is 57.1 Å². The van der Waals surface area contributed by atoms with Gasteiger partial charge in [-0.15, -0.1) is 0 Å². The van der Waals surface area contributed by atoms with Crippen molar-refractivity contribution in [3.63, 3.8) is 0 Å². The summed E-state index contributed by atoms with van der Waals surface area (Å²) in [5.41, 5.74) is 2.19. The van der Waals surface area contributed by atoms with Crippen LogP contribution in [-0.2, 0) is 15.8 Å². The first-order valence-electron chi connectivity index (χ1n) is 11.9. The van der Waals surface area contributed by atoms with Gasteiger partial charge in [0, 0.05) is 29.9 Å². The van der Waals surface area contributed by atoms with Crippen LogP contribution in [0.4, 0.5) is 4.39 Å². The standard InChI is InChI=1S/C25H29ClFN3O2S2/c1-17-5-4-12-29(15-17)34(31,32)21-10-11-24-23(14-21)28-25(30(24)20-6-2-3-7-20)33-16-18-8-9-19(26)13-22(18)27/h8-11,13-14,17,20H,2-7,12,15-16H2,1H3/t17-/m0/s1. The Balaban J connectivity index is 1.49. The highest BCUT2D eigenvalue weighted by molar-refractivity contribution is 7.98. The molecule has 34 heavy (non-hydrogen) atoms. The van der Waals surface area contributed by atoms with Gasteiger partial charge in [-0.1, -0.05) is 49.2 Å². The highest BCUT2D eigenvalue weighted by Gasteiger charge is 2.30. The number of hydrogen-bond acceptors (Lipinski definition) is 4. The van der Waals surface area contributed by atoms with Gasteiger partial charge in [-0.2, -0.15) is 4.31 Å². The molecule has 2 heterocycles. The van der Waals surface area contributed by atoms with Crippen molar-refractivity contribution in [2.75, 3.05) is 13.1 Å². The van der Waals surface area contributed by atoms with Gasteiger partial charge in [0.05, 0.1) is 15.9 Å². The SMILES string of the molecule is C[C@H]1CCCN(S(=O)(=O)c2ccc3c(c2)nc(SCc2ccc(Cl)cc2F)n3C2CCCC2)C1. The van der Waals surface area contributed by atoms with Crippen LogP contribution < -0.4 is 0 Å². The summed E-state index contributed by atoms with van der Waals surface area (Å²) in [6, 6.07) is 10.4. The van der Waals surface area contributed by atoms with Crippen molar-refractivity contribution >= 4 is 44.4 Å². The highest BCUT2D eigenvalue weighted by Crippen LogP contribution is 2.38. The normalized spacial score (nSPS) is 20.4. The quantitative estimate of drug-likeness (QED) is 0.340. The summed E-state index contributed by atoms with van der Waals surface area (Å²) in [4.78, 5) is 5.14. The second-order valence-electron chi connectivity index (χ2n) is 9.49. The van der Waals surface area contributed by atoms with Crippen LogP contribution in [0, 0.1) is 11.7 Å². The van der Waals surface area contributed by atoms with Crippen molar-refractivity contribution in [1.82, 2.24) is 13.9 Å². The minimum Gasteiger partial charge on any atom is -0.316 e. The Morgan fingerprint density at radius 3 is 2.65 bits per heavy atom. The first-order valence-corrected chi connectivity index (χ1v) is 14.7. The molecule has 0 spiro atoms. The first kappa shape index (κ1) is 24.1. The molecule has 2 aromatic carbocycles. The molecular formula is C25H29ClFN3O2S2. The van der Waals surface area contributed by atoms with Crippen molar-refractivity contribution < 1.29 is 12.8 Å². The summed E-state index contributed by atoms with van der Waals surface area (Å²) in [7, 11) is -3.56. The van der Waals surface area contributed by atoms with Gasteiger partial charge in [0.25, 0.3) is 0 Å². The van der Waals surface area contributed by atoms with Crippen LogP contribution in [0.3, 0.4) is 0 Å². The maximum Gasteiger partial charge on any atom is 0.243 e. The zero-order chi connectivity index (χ0) is 23.9. The van der Waals surface area contributed by atoms with Gasteiger partial charge in [-0.05, 0) is 67.5 Å². The monoisotopic (exact) mass is 521 g/mol. The lowest BCUT2D eigenvalue weighted by molar-refractivity contribution is 0.281. The van der Waals surface area contributed by atoms with Gasteiger partial charge in [-0.3, -0.25) is 0 Å².